The van der Waals surface area contributed by atoms with Crippen molar-refractivity contribution >= 4 is 0 Å². The summed E-state index contributed by atoms with van der Waals surface area (Å²) in [5.74, 6) is 0.878. The zero-order chi connectivity index (χ0) is 12.2. The van der Waals surface area contributed by atoms with Crippen LogP contribution in [0.2, 0.25) is 0 Å². The molecule has 0 N–H and O–H groups in total. The topological polar surface area (TPSA) is 3.24 Å². The van der Waals surface area contributed by atoms with Gasteiger partial charge in [-0.3, -0.25) is 4.90 Å². The van der Waals surface area contributed by atoms with E-state index in [9.17, 15) is 0 Å². The summed E-state index contributed by atoms with van der Waals surface area (Å²) in [5.41, 5.74) is 1.53. The van der Waals surface area contributed by atoms with Crippen molar-refractivity contribution in [1.82, 2.24) is 4.90 Å². The van der Waals surface area contributed by atoms with Gasteiger partial charge in [0.25, 0.3) is 0 Å². The normalized spacial score (nSPS) is 30.8. The van der Waals surface area contributed by atoms with E-state index in [0.717, 1.165) is 5.92 Å². The van der Waals surface area contributed by atoms with E-state index in [1.54, 1.807) is 0 Å². The predicted molar refractivity (Wildman–Crippen MR) is 70.6 cm³/mol. The quantitative estimate of drug-likeness (QED) is 0.601. The molecule has 1 aliphatic carbocycles. The number of piperidine rings is 1. The summed E-state index contributed by atoms with van der Waals surface area (Å²) < 4.78 is 0. The highest BCUT2D eigenvalue weighted by atomic mass is 15.2. The molecule has 0 radical (unpaired) electrons. The Morgan fingerprint density at radius 1 is 1.00 bits per heavy atom. The van der Waals surface area contributed by atoms with Gasteiger partial charge in [0.2, 0.25) is 0 Å². The van der Waals surface area contributed by atoms with Crippen LogP contribution in [0, 0.1) is 16.7 Å². The number of nitrogens with zero attached hydrogens (tertiary/aromatic N) is 1. The third-order valence-corrected chi connectivity index (χ3v) is 4.78. The smallest absolute Gasteiger partial charge is 0.0125 e. The molecule has 1 unspecified atom stereocenters. The molecule has 1 atom stereocenters. The van der Waals surface area contributed by atoms with Gasteiger partial charge in [-0.05, 0) is 56.8 Å². The molecule has 1 heterocycles. The lowest BCUT2D eigenvalue weighted by molar-refractivity contribution is 0.000649. The fraction of sp³-hybridized carbons (Fsp3) is 1.00. The second-order valence-corrected chi connectivity index (χ2v) is 8.32. The van der Waals surface area contributed by atoms with E-state index >= 15 is 0 Å². The third-order valence-electron chi connectivity index (χ3n) is 4.78. The molecule has 1 saturated carbocycles. The van der Waals surface area contributed by atoms with Crippen molar-refractivity contribution in [3.05, 3.63) is 0 Å². The van der Waals surface area contributed by atoms with Crippen molar-refractivity contribution < 1.29 is 0 Å². The molecule has 1 nitrogen and oxygen atoms in total. The Bertz CT molecular complexity index is 238. The van der Waals surface area contributed by atoms with Gasteiger partial charge in [-0.25, -0.2) is 0 Å². The average Bonchev–Trinajstić information content (AvgIpc) is 2.81. The highest BCUT2D eigenvalue weighted by molar-refractivity contribution is 5.04. The van der Waals surface area contributed by atoms with E-state index in [-0.39, 0.29) is 0 Å². The van der Waals surface area contributed by atoms with Gasteiger partial charge in [0, 0.05) is 18.6 Å². The summed E-state index contributed by atoms with van der Waals surface area (Å²) in [6.07, 6.45) is 4.43. The van der Waals surface area contributed by atoms with Gasteiger partial charge in [0.15, 0.2) is 0 Å². The highest BCUT2D eigenvalue weighted by Gasteiger charge is 2.51. The van der Waals surface area contributed by atoms with Crippen LogP contribution in [-0.4, -0.2) is 23.5 Å². The molecule has 1 heteroatoms. The Labute approximate surface area is 102 Å². The molecule has 0 bridgehead atoms. The summed E-state index contributed by atoms with van der Waals surface area (Å²) in [6.45, 7) is 17.0. The Morgan fingerprint density at radius 3 is 1.94 bits per heavy atom. The van der Waals surface area contributed by atoms with Gasteiger partial charge in [-0.2, -0.15) is 0 Å². The first-order chi connectivity index (χ1) is 7.12. The first kappa shape index (κ1) is 12.4. The maximum absolute atomic E-state index is 2.74. The van der Waals surface area contributed by atoms with Crippen LogP contribution < -0.4 is 0 Å². The number of hydrogen-bond donors (Lipinski definition) is 0. The summed E-state index contributed by atoms with van der Waals surface area (Å²) in [6, 6.07) is 0. The maximum atomic E-state index is 2.74. The van der Waals surface area contributed by atoms with Crippen LogP contribution in [0.25, 0.3) is 0 Å². The van der Waals surface area contributed by atoms with E-state index in [4.69, 9.17) is 0 Å². The number of likely N-dealkylation sites (tertiary alicyclic amines) is 1. The minimum atomic E-state index is 0.347. The molecule has 0 aromatic rings. The van der Waals surface area contributed by atoms with Crippen LogP contribution in [0.1, 0.15) is 60.8 Å². The molecule has 1 spiro atoms. The van der Waals surface area contributed by atoms with Crippen LogP contribution in [-0.2, 0) is 0 Å². The molecule has 1 aliphatic heterocycles. The van der Waals surface area contributed by atoms with E-state index in [0.29, 0.717) is 16.4 Å². The minimum absolute atomic E-state index is 0.347. The first-order valence-electron chi connectivity index (χ1n) is 6.88. The van der Waals surface area contributed by atoms with Crippen molar-refractivity contribution in [2.45, 2.75) is 66.3 Å². The van der Waals surface area contributed by atoms with Crippen LogP contribution in [0.3, 0.4) is 0 Å². The third kappa shape index (κ3) is 2.45. The molecule has 0 amide bonds. The summed E-state index contributed by atoms with van der Waals surface area (Å²) in [5, 5.41) is 0. The first-order valence-corrected chi connectivity index (χ1v) is 6.88. The van der Waals surface area contributed by atoms with Crippen molar-refractivity contribution in [3.8, 4) is 0 Å². The largest absolute Gasteiger partial charge is 0.298 e. The van der Waals surface area contributed by atoms with Gasteiger partial charge in [-0.1, -0.05) is 20.8 Å². The molecular formula is C15H29N. The van der Waals surface area contributed by atoms with Gasteiger partial charge in [0.05, 0.1) is 0 Å². The van der Waals surface area contributed by atoms with Gasteiger partial charge < -0.3 is 0 Å². The lowest BCUT2D eigenvalue weighted by atomic mass is 9.71. The van der Waals surface area contributed by atoms with E-state index in [1.165, 1.54) is 32.4 Å². The second-order valence-electron chi connectivity index (χ2n) is 8.32. The average molecular weight is 223 g/mol. The Balaban J connectivity index is 2.14. The molecule has 94 valence electrons. The van der Waals surface area contributed by atoms with Gasteiger partial charge >= 0.3 is 0 Å². The molecular weight excluding hydrogens is 194 g/mol. The minimum Gasteiger partial charge on any atom is -0.298 e. The van der Waals surface area contributed by atoms with Crippen LogP contribution >= 0.6 is 0 Å². The van der Waals surface area contributed by atoms with Gasteiger partial charge in [0.1, 0.15) is 0 Å². The van der Waals surface area contributed by atoms with E-state index in [2.05, 4.69) is 46.4 Å². The van der Waals surface area contributed by atoms with Crippen molar-refractivity contribution in [1.29, 1.82) is 0 Å². The fourth-order valence-corrected chi connectivity index (χ4v) is 3.02. The lowest BCUT2D eigenvalue weighted by Crippen LogP contribution is -2.53. The SMILES string of the molecule is CC(C)(C)C1CN(C(C)(C)C)CC2(CC2)C1. The molecule has 16 heavy (non-hydrogen) atoms. The van der Waals surface area contributed by atoms with Crippen LogP contribution in [0.15, 0.2) is 0 Å². The maximum Gasteiger partial charge on any atom is 0.0125 e. The number of rotatable bonds is 0. The zero-order valence-electron chi connectivity index (χ0n) is 12.1. The molecule has 0 aromatic carbocycles. The second kappa shape index (κ2) is 3.48. The van der Waals surface area contributed by atoms with Gasteiger partial charge in [-0.15, -0.1) is 0 Å². The van der Waals surface area contributed by atoms with Crippen molar-refractivity contribution in [3.63, 3.8) is 0 Å². The Morgan fingerprint density at radius 2 is 1.56 bits per heavy atom. The van der Waals surface area contributed by atoms with Crippen molar-refractivity contribution in [2.75, 3.05) is 13.1 Å². The highest BCUT2D eigenvalue weighted by Crippen LogP contribution is 2.56. The number of hydrogen-bond acceptors (Lipinski definition) is 1. The summed E-state index contributed by atoms with van der Waals surface area (Å²) >= 11 is 0. The Kier molecular flexibility index (Phi) is 2.70. The van der Waals surface area contributed by atoms with Crippen LogP contribution in [0.4, 0.5) is 0 Å². The zero-order valence-corrected chi connectivity index (χ0v) is 12.1. The standard InChI is InChI=1S/C15H29N/c1-13(2,3)12-9-15(7-8-15)11-16(10-12)14(4,5)6/h12H,7-11H2,1-6H3. The van der Waals surface area contributed by atoms with Crippen LogP contribution in [0.5, 0.6) is 0 Å². The molecule has 2 fully saturated rings. The molecule has 1 saturated heterocycles. The monoisotopic (exact) mass is 223 g/mol. The summed E-state index contributed by atoms with van der Waals surface area (Å²) in [7, 11) is 0. The van der Waals surface area contributed by atoms with Crippen molar-refractivity contribution in [2.24, 2.45) is 16.7 Å². The predicted octanol–water partition coefficient (Wildman–Crippen LogP) is 3.93. The molecule has 2 rings (SSSR count). The summed E-state index contributed by atoms with van der Waals surface area (Å²) in [4.78, 5) is 2.74. The lowest BCUT2D eigenvalue weighted by Gasteiger charge is -2.49. The van der Waals surface area contributed by atoms with E-state index in [1.807, 2.05) is 0 Å². The molecule has 2 aliphatic rings. The molecule has 0 aromatic heterocycles. The van der Waals surface area contributed by atoms with E-state index < -0.39 is 0 Å². The fourth-order valence-electron chi connectivity index (χ4n) is 3.02. The Hall–Kier alpha value is -0.0400.